The summed E-state index contributed by atoms with van der Waals surface area (Å²) in [6.07, 6.45) is -2.40. The van der Waals surface area contributed by atoms with Crippen molar-refractivity contribution in [2.45, 2.75) is 30.2 Å². The van der Waals surface area contributed by atoms with Gasteiger partial charge in [-0.2, -0.15) is 8.62 Å². The monoisotopic (exact) mass is 556 g/mol. The highest BCUT2D eigenvalue weighted by Crippen LogP contribution is 2.66. The first-order chi connectivity index (χ1) is 14.9. The number of ether oxygens (including phenoxy) is 1. The number of nitrogens with zero attached hydrogens (tertiary/aromatic N) is 3. The molecule has 7 N–H and O–H groups in total. The maximum absolute atomic E-state index is 14.4. The summed E-state index contributed by atoms with van der Waals surface area (Å²) in [6, 6.07) is 0. The highest BCUT2D eigenvalue weighted by Gasteiger charge is 2.54. The highest BCUT2D eigenvalue weighted by atomic mass is 35.5. The highest BCUT2D eigenvalue weighted by molar-refractivity contribution is 7.66. The molecule has 3 heterocycles. The molecule has 2 aromatic rings. The van der Waals surface area contributed by atoms with Crippen molar-refractivity contribution >= 4 is 51.9 Å². The van der Waals surface area contributed by atoms with Gasteiger partial charge in [0.1, 0.15) is 29.2 Å². The van der Waals surface area contributed by atoms with Crippen LogP contribution >= 0.6 is 35.1 Å². The lowest BCUT2D eigenvalue weighted by atomic mass is 10.0. The lowest BCUT2D eigenvalue weighted by Gasteiger charge is -2.26. The quantitative estimate of drug-likeness (QED) is 0.194. The third-order valence-electron chi connectivity index (χ3n) is 4.38. The number of aliphatic hydroxyl groups excluding tert-OH is 1. The van der Waals surface area contributed by atoms with E-state index < -0.39 is 59.2 Å². The van der Waals surface area contributed by atoms with Gasteiger partial charge in [0.2, 0.25) is 0 Å². The van der Waals surface area contributed by atoms with Crippen LogP contribution in [0.4, 0.5) is 10.2 Å². The fraction of sp³-hybridized carbons (Fsp3) is 0.500. The molecule has 0 spiro atoms. The Morgan fingerprint density at radius 3 is 2.48 bits per heavy atom. The molecule has 0 saturated carbocycles. The molecule has 186 valence electrons. The number of fused-ring (bicyclic) bond motifs is 1. The van der Waals surface area contributed by atoms with Crippen LogP contribution in [0.15, 0.2) is 12.5 Å². The number of aliphatic hydroxyl groups is 1. The minimum atomic E-state index is -5.73. The van der Waals surface area contributed by atoms with Crippen molar-refractivity contribution in [2.24, 2.45) is 0 Å². The van der Waals surface area contributed by atoms with Crippen molar-refractivity contribution in [2.75, 3.05) is 12.3 Å². The molecule has 3 unspecified atom stereocenters. The summed E-state index contributed by atoms with van der Waals surface area (Å²) in [7, 11) is -16.8. The molecule has 33 heavy (non-hydrogen) atoms. The fourth-order valence-electron chi connectivity index (χ4n) is 3.06. The molecule has 1 aliphatic rings. The van der Waals surface area contributed by atoms with E-state index in [0.717, 1.165) is 17.1 Å². The molecule has 3 rings (SSSR count). The number of rotatable bonds is 8. The van der Waals surface area contributed by atoms with Gasteiger partial charge in [0.25, 0.3) is 0 Å². The number of halogens is 2. The van der Waals surface area contributed by atoms with Gasteiger partial charge < -0.3 is 39.7 Å². The maximum atomic E-state index is 14.4. The molecule has 0 aliphatic carbocycles. The van der Waals surface area contributed by atoms with E-state index in [-0.39, 0.29) is 16.9 Å². The molecular weight excluding hydrogens is 540 g/mol. The number of anilines is 1. The molecule has 6 atom stereocenters. The number of hydrogen-bond acceptors (Lipinski definition) is 11. The van der Waals surface area contributed by atoms with Crippen molar-refractivity contribution in [1.29, 1.82) is 0 Å². The standard InChI is InChI=1S/C12H17ClFN4O12P3/c1-12(13)8(19)6(3-27-32(23,24)30-33(25,26)29-31(20,21)22)28-11(12)18-2-5(14)7-9(15)16-4-17-10(7)18/h2,4,6,8,11,19H,3H2,1H3,(H,23,24)(H,25,26)(H2,15,16,17)(H2,20,21,22)/t6-,8?,11-,12-/m1/s1. The molecule has 21 heteroatoms. The minimum Gasteiger partial charge on any atom is -0.388 e. The summed E-state index contributed by atoms with van der Waals surface area (Å²) in [4.78, 5) is 41.7. The summed E-state index contributed by atoms with van der Waals surface area (Å²) >= 11 is 6.39. The number of phosphoric acid groups is 3. The first kappa shape index (κ1) is 26.6. The molecule has 0 aromatic carbocycles. The second kappa shape index (κ2) is 8.88. The Kier molecular flexibility index (Phi) is 7.15. The van der Waals surface area contributed by atoms with E-state index >= 15 is 0 Å². The summed E-state index contributed by atoms with van der Waals surface area (Å²) in [6.45, 7) is 0.339. The molecular formula is C12H17ClFN4O12P3. The number of alkyl halides is 1. The van der Waals surface area contributed by atoms with E-state index in [2.05, 4.69) is 23.1 Å². The average molecular weight is 557 g/mol. The van der Waals surface area contributed by atoms with Crippen LogP contribution in [0.25, 0.3) is 11.0 Å². The van der Waals surface area contributed by atoms with Crippen molar-refractivity contribution in [3.05, 3.63) is 18.3 Å². The molecule has 0 bridgehead atoms. The first-order valence-corrected chi connectivity index (χ1v) is 13.4. The smallest absolute Gasteiger partial charge is 0.388 e. The van der Waals surface area contributed by atoms with Crippen LogP contribution in [-0.2, 0) is 31.6 Å². The van der Waals surface area contributed by atoms with E-state index in [4.69, 9.17) is 31.9 Å². The van der Waals surface area contributed by atoms with Crippen molar-refractivity contribution < 1.29 is 60.6 Å². The summed E-state index contributed by atoms with van der Waals surface area (Å²) in [5.74, 6) is -0.986. The van der Waals surface area contributed by atoms with Crippen molar-refractivity contribution in [3.63, 3.8) is 0 Å². The number of phosphoric ester groups is 1. The van der Waals surface area contributed by atoms with Gasteiger partial charge in [-0.1, -0.05) is 0 Å². The van der Waals surface area contributed by atoms with Gasteiger partial charge in [-0.3, -0.25) is 4.52 Å². The number of aromatic nitrogens is 3. The zero-order valence-electron chi connectivity index (χ0n) is 16.2. The molecule has 1 fully saturated rings. The SMILES string of the molecule is C[C@@]1(Cl)C(O)[C@@H](COP(=O)(O)OP(=O)(O)OP(=O)(O)O)O[C@H]1n1cc(F)c2c(N)ncnc21. The van der Waals surface area contributed by atoms with Gasteiger partial charge in [0.15, 0.2) is 17.7 Å². The third kappa shape index (κ3) is 5.80. The van der Waals surface area contributed by atoms with Crippen molar-refractivity contribution in [1.82, 2.24) is 14.5 Å². The van der Waals surface area contributed by atoms with Gasteiger partial charge in [-0.05, 0) is 6.92 Å². The average Bonchev–Trinajstić information content (AvgIpc) is 3.06. The van der Waals surface area contributed by atoms with Crippen LogP contribution < -0.4 is 5.73 Å². The molecule has 2 aromatic heterocycles. The van der Waals surface area contributed by atoms with Crippen LogP contribution in [0, 0.1) is 5.82 Å². The van der Waals surface area contributed by atoms with Crippen LogP contribution in [0.3, 0.4) is 0 Å². The van der Waals surface area contributed by atoms with Gasteiger partial charge in [-0.25, -0.2) is 28.1 Å². The zero-order chi connectivity index (χ0) is 25.0. The van der Waals surface area contributed by atoms with Crippen LogP contribution in [0.5, 0.6) is 0 Å². The molecule has 16 nitrogen and oxygen atoms in total. The Morgan fingerprint density at radius 2 is 1.88 bits per heavy atom. The van der Waals surface area contributed by atoms with Crippen LogP contribution in [0.1, 0.15) is 13.2 Å². The largest absolute Gasteiger partial charge is 0.490 e. The normalized spacial score (nSPS) is 29.8. The summed E-state index contributed by atoms with van der Waals surface area (Å²) < 4.78 is 66.7. The van der Waals surface area contributed by atoms with Crippen LogP contribution in [0.2, 0.25) is 0 Å². The van der Waals surface area contributed by atoms with E-state index in [9.17, 15) is 33.0 Å². The Morgan fingerprint density at radius 1 is 1.24 bits per heavy atom. The second-order valence-electron chi connectivity index (χ2n) is 6.85. The van der Waals surface area contributed by atoms with Gasteiger partial charge in [0, 0.05) is 6.20 Å². The lowest BCUT2D eigenvalue weighted by molar-refractivity contribution is -0.0431. The lowest BCUT2D eigenvalue weighted by Crippen LogP contribution is -2.39. The summed E-state index contributed by atoms with van der Waals surface area (Å²) in [5.41, 5.74) is 5.62. The fourth-order valence-corrected chi connectivity index (χ4v) is 6.39. The van der Waals surface area contributed by atoms with Gasteiger partial charge >= 0.3 is 23.5 Å². The number of nitrogens with two attached hydrogens (primary N) is 1. The van der Waals surface area contributed by atoms with Gasteiger partial charge in [-0.15, -0.1) is 11.6 Å². The van der Waals surface area contributed by atoms with E-state index in [1.54, 1.807) is 0 Å². The van der Waals surface area contributed by atoms with Gasteiger partial charge in [0.05, 0.1) is 12.0 Å². The topological polar surface area (TPSA) is 246 Å². The van der Waals surface area contributed by atoms with Crippen LogP contribution in [-0.4, -0.2) is 62.9 Å². The molecule has 1 aliphatic heterocycles. The molecule has 0 radical (unpaired) electrons. The Balaban J connectivity index is 1.78. The number of hydrogen-bond donors (Lipinski definition) is 6. The Labute approximate surface area is 188 Å². The first-order valence-electron chi connectivity index (χ1n) is 8.51. The predicted molar refractivity (Wildman–Crippen MR) is 106 cm³/mol. The predicted octanol–water partition coefficient (Wildman–Crippen LogP) is 0.752. The van der Waals surface area contributed by atoms with E-state index in [1.807, 2.05) is 0 Å². The summed E-state index contributed by atoms with van der Waals surface area (Å²) in [5, 5.41) is 10.4. The maximum Gasteiger partial charge on any atom is 0.490 e. The third-order valence-corrected chi connectivity index (χ3v) is 8.59. The zero-order valence-corrected chi connectivity index (χ0v) is 19.6. The van der Waals surface area contributed by atoms with E-state index in [1.165, 1.54) is 6.92 Å². The van der Waals surface area contributed by atoms with E-state index in [0.29, 0.717) is 0 Å². The molecule has 0 amide bonds. The molecule has 1 saturated heterocycles. The minimum absolute atomic E-state index is 0.0300. The Hall–Kier alpha value is -1.03. The second-order valence-corrected chi connectivity index (χ2v) is 12.1. The Bertz CT molecular complexity index is 1210. The van der Waals surface area contributed by atoms with Crippen molar-refractivity contribution in [3.8, 4) is 0 Å². The number of nitrogen functional groups attached to an aromatic ring is 1.